The van der Waals surface area contributed by atoms with E-state index in [9.17, 15) is 34.2 Å². The molecule has 194 valence electrons. The van der Waals surface area contributed by atoms with Gasteiger partial charge in [-0.15, -0.1) is 0 Å². The molecule has 36 heavy (non-hydrogen) atoms. The lowest BCUT2D eigenvalue weighted by molar-refractivity contribution is -0.158. The summed E-state index contributed by atoms with van der Waals surface area (Å²) in [4.78, 5) is 67.6. The molecule has 8 N–H and O–H groups in total. The first-order chi connectivity index (χ1) is 16.9. The van der Waals surface area contributed by atoms with Crippen molar-refractivity contribution in [1.82, 2.24) is 8.01 Å². The Balaban J connectivity index is 2.34. The van der Waals surface area contributed by atoms with Crippen molar-refractivity contribution in [1.29, 1.82) is 0 Å². The first-order valence-corrected chi connectivity index (χ1v) is 11.8. The summed E-state index contributed by atoms with van der Waals surface area (Å²) in [5, 5.41) is 19.8. The summed E-state index contributed by atoms with van der Waals surface area (Å²) < 4.78 is 0.763. The first kappa shape index (κ1) is 28.7. The molecule has 0 aliphatic carbocycles. The number of carbonyl (C=O) groups is 5. The normalized spacial score (nSPS) is 15.3. The molecule has 1 heterocycles. The molecule has 1 aromatic carbocycles. The van der Waals surface area contributed by atoms with Crippen LogP contribution in [0.25, 0.3) is 0 Å². The van der Waals surface area contributed by atoms with Gasteiger partial charge in [-0.25, -0.2) is 4.79 Å². The third-order valence-electron chi connectivity index (χ3n) is 5.49. The molecule has 0 saturated carbocycles. The van der Waals surface area contributed by atoms with Crippen molar-refractivity contribution < 1.29 is 34.2 Å². The van der Waals surface area contributed by atoms with Gasteiger partial charge in [0.05, 0.1) is 28.9 Å². The van der Waals surface area contributed by atoms with E-state index in [4.69, 9.17) is 17.2 Å². The molecule has 0 aromatic heterocycles. The predicted molar refractivity (Wildman–Crippen MR) is 136 cm³/mol. The van der Waals surface area contributed by atoms with Crippen LogP contribution < -0.4 is 17.2 Å². The number of aliphatic carboxylic acids is 1. The van der Waals surface area contributed by atoms with Gasteiger partial charge < -0.3 is 27.4 Å². The summed E-state index contributed by atoms with van der Waals surface area (Å²) in [5.41, 5.74) is 14.5. The molecule has 1 aliphatic heterocycles. The number of rotatable bonds is 13. The number of carboxylic acid groups (broad SMARTS) is 1. The number of guanidine groups is 1. The molecule has 1 aromatic rings. The third kappa shape index (κ3) is 6.78. The van der Waals surface area contributed by atoms with Gasteiger partial charge >= 0.3 is 5.97 Å². The zero-order valence-electron chi connectivity index (χ0n) is 19.2. The SMILES string of the molecule is NC(N)=NCCC[C@H](N)C(=O)N(I)[C@@](Cc1ccc(O)cc1)(C(=O)O)C(=O)CCN1C(=O)C=CC1=O. The Kier molecular flexibility index (Phi) is 9.92. The fourth-order valence-corrected chi connectivity index (χ4v) is 4.52. The van der Waals surface area contributed by atoms with Crippen molar-refractivity contribution in [2.75, 3.05) is 13.1 Å². The number of Topliss-reactive ketones (excluding diaryl/α,β-unsaturated/α-hetero) is 1. The number of carboxylic acids is 1. The molecule has 0 radical (unpaired) electrons. The van der Waals surface area contributed by atoms with Crippen molar-refractivity contribution in [2.24, 2.45) is 22.2 Å². The molecule has 13 nitrogen and oxygen atoms in total. The molecule has 14 heteroatoms. The molecule has 2 rings (SSSR count). The Morgan fingerprint density at radius 3 is 2.22 bits per heavy atom. The van der Waals surface area contributed by atoms with E-state index < -0.39 is 53.9 Å². The molecule has 0 spiro atoms. The van der Waals surface area contributed by atoms with Crippen LogP contribution in [0.3, 0.4) is 0 Å². The van der Waals surface area contributed by atoms with Crippen LogP contribution in [0.15, 0.2) is 41.4 Å². The van der Waals surface area contributed by atoms with E-state index in [1.54, 1.807) is 0 Å². The Bertz CT molecular complexity index is 1070. The minimum atomic E-state index is -2.41. The first-order valence-electron chi connectivity index (χ1n) is 10.8. The van der Waals surface area contributed by atoms with E-state index in [1.165, 1.54) is 47.1 Å². The average Bonchev–Trinajstić information content (AvgIpc) is 3.15. The number of carbonyl (C=O) groups excluding carboxylic acids is 4. The summed E-state index contributed by atoms with van der Waals surface area (Å²) in [6.07, 6.45) is 1.56. The number of ketones is 1. The number of hydrogen-bond acceptors (Lipinski definition) is 8. The second-order valence-electron chi connectivity index (χ2n) is 8.02. The Hall–Kier alpha value is -3.53. The number of hydrogen-bond donors (Lipinski definition) is 5. The molecule has 0 fully saturated rings. The van der Waals surface area contributed by atoms with Crippen LogP contribution in [0, 0.1) is 0 Å². The van der Waals surface area contributed by atoms with E-state index in [2.05, 4.69) is 4.99 Å². The number of nitrogens with two attached hydrogens (primary N) is 3. The maximum absolute atomic E-state index is 13.5. The van der Waals surface area contributed by atoms with Gasteiger partial charge in [-0.2, -0.15) is 0 Å². The van der Waals surface area contributed by atoms with Crippen molar-refractivity contribution in [3.63, 3.8) is 0 Å². The van der Waals surface area contributed by atoms with E-state index in [-0.39, 0.29) is 31.2 Å². The lowest BCUT2D eigenvalue weighted by Gasteiger charge is -2.36. The molecule has 3 amide bonds. The van der Waals surface area contributed by atoms with Crippen molar-refractivity contribution in [3.05, 3.63) is 42.0 Å². The number of benzene rings is 1. The van der Waals surface area contributed by atoms with Crippen LogP contribution in [0.4, 0.5) is 0 Å². The van der Waals surface area contributed by atoms with E-state index >= 15 is 0 Å². The van der Waals surface area contributed by atoms with Crippen LogP contribution in [0.5, 0.6) is 5.75 Å². The van der Waals surface area contributed by atoms with Gasteiger partial charge in [0.25, 0.3) is 11.8 Å². The lowest BCUT2D eigenvalue weighted by Crippen LogP contribution is -2.62. The lowest BCUT2D eigenvalue weighted by atomic mass is 9.84. The Morgan fingerprint density at radius 1 is 1.11 bits per heavy atom. The summed E-state index contributed by atoms with van der Waals surface area (Å²) >= 11 is 1.45. The summed E-state index contributed by atoms with van der Waals surface area (Å²) in [6, 6.07) is 4.31. The number of amides is 3. The Morgan fingerprint density at radius 2 is 1.69 bits per heavy atom. The molecular formula is C22H27IN6O7. The van der Waals surface area contributed by atoms with Crippen LogP contribution >= 0.6 is 22.9 Å². The maximum atomic E-state index is 13.5. The van der Waals surface area contributed by atoms with Gasteiger partial charge in [0.2, 0.25) is 11.4 Å². The van der Waals surface area contributed by atoms with Gasteiger partial charge in [0.1, 0.15) is 5.75 Å². The minimum Gasteiger partial charge on any atom is -0.508 e. The van der Waals surface area contributed by atoms with Crippen molar-refractivity contribution in [2.45, 2.75) is 37.3 Å². The van der Waals surface area contributed by atoms with Gasteiger partial charge in [0, 0.05) is 38.1 Å². The third-order valence-corrected chi connectivity index (χ3v) is 6.79. The monoisotopic (exact) mass is 614 g/mol. The van der Waals surface area contributed by atoms with E-state index in [0.29, 0.717) is 12.0 Å². The highest BCUT2D eigenvalue weighted by Gasteiger charge is 2.53. The van der Waals surface area contributed by atoms with E-state index in [1.807, 2.05) is 0 Å². The maximum Gasteiger partial charge on any atom is 0.338 e. The average molecular weight is 614 g/mol. The highest BCUT2D eigenvalue weighted by Crippen LogP contribution is 2.30. The fraction of sp³-hybridized carbons (Fsp3) is 0.364. The summed E-state index contributed by atoms with van der Waals surface area (Å²) in [6.45, 7) is -0.162. The van der Waals surface area contributed by atoms with Gasteiger partial charge in [-0.05, 0) is 30.5 Å². The molecular weight excluding hydrogens is 587 g/mol. The smallest absolute Gasteiger partial charge is 0.338 e. The second kappa shape index (κ2) is 12.4. The van der Waals surface area contributed by atoms with Crippen LogP contribution in [-0.4, -0.2) is 78.3 Å². The number of aromatic hydroxyl groups is 1. The zero-order valence-corrected chi connectivity index (χ0v) is 21.3. The Labute approximate surface area is 220 Å². The largest absolute Gasteiger partial charge is 0.508 e. The molecule has 2 atom stereocenters. The standard InChI is InChI=1S/C22H27IN6O7/c23-29(19(34)15(24)2-1-10-27-21(25)26)22(20(35)36,12-13-3-5-14(30)6-4-13)16(31)9-11-28-17(32)7-8-18(28)33/h3-8,15,30H,1-2,9-12,24H2,(H,35,36)(H4,25,26,27)/t15-,22+/m0/s1. The zero-order chi connectivity index (χ0) is 27.0. The highest BCUT2D eigenvalue weighted by molar-refractivity contribution is 14.1. The molecule has 0 saturated heterocycles. The van der Waals surface area contributed by atoms with Gasteiger partial charge in [-0.3, -0.25) is 32.2 Å². The topological polar surface area (TPSA) is 223 Å². The number of imide groups is 1. The van der Waals surface area contributed by atoms with Crippen LogP contribution in [-0.2, 0) is 30.4 Å². The van der Waals surface area contributed by atoms with E-state index in [0.717, 1.165) is 20.2 Å². The second-order valence-corrected chi connectivity index (χ2v) is 8.98. The number of phenolic OH excluding ortho intramolecular Hbond substituents is 1. The number of nitrogens with zero attached hydrogens (tertiary/aromatic N) is 3. The van der Waals surface area contributed by atoms with Crippen molar-refractivity contribution >= 4 is 58.3 Å². The van der Waals surface area contributed by atoms with Gasteiger partial charge in [-0.1, -0.05) is 12.1 Å². The van der Waals surface area contributed by atoms with Crippen LogP contribution in [0.1, 0.15) is 24.8 Å². The number of phenols is 1. The summed E-state index contributed by atoms with van der Waals surface area (Å²) in [7, 11) is 0. The van der Waals surface area contributed by atoms with Crippen LogP contribution in [0.2, 0.25) is 0 Å². The molecule has 0 unspecified atom stereocenters. The molecule has 0 bridgehead atoms. The minimum absolute atomic E-state index is 0.0743. The predicted octanol–water partition coefficient (Wildman–Crippen LogP) is -0.798. The molecule has 1 aliphatic rings. The fourth-order valence-electron chi connectivity index (χ4n) is 3.51. The number of halogens is 1. The summed E-state index contributed by atoms with van der Waals surface area (Å²) in [5.74, 6) is -4.80. The number of aliphatic imine (C=N–C) groups is 1. The van der Waals surface area contributed by atoms with Crippen molar-refractivity contribution in [3.8, 4) is 5.75 Å². The quantitative estimate of drug-likeness (QED) is 0.0354. The van der Waals surface area contributed by atoms with Gasteiger partial charge in [0.15, 0.2) is 11.7 Å². The highest BCUT2D eigenvalue weighted by atomic mass is 127.